The van der Waals surface area contributed by atoms with E-state index in [-0.39, 0.29) is 21.8 Å². The smallest absolute Gasteiger partial charge is 0.338 e. The van der Waals surface area contributed by atoms with Crippen molar-refractivity contribution in [3.63, 3.8) is 0 Å². The number of esters is 1. The van der Waals surface area contributed by atoms with Crippen LogP contribution in [0.1, 0.15) is 15.9 Å². The molecule has 25 heavy (non-hydrogen) atoms. The first-order valence-corrected chi connectivity index (χ1v) is 8.50. The van der Waals surface area contributed by atoms with Gasteiger partial charge in [-0.15, -0.1) is 0 Å². The van der Waals surface area contributed by atoms with Gasteiger partial charge < -0.3 is 9.47 Å². The molecular formula is C16H15F2NO5S. The molecule has 0 unspecified atom stereocenters. The van der Waals surface area contributed by atoms with Crippen LogP contribution in [0.2, 0.25) is 0 Å². The zero-order valence-electron chi connectivity index (χ0n) is 13.4. The van der Waals surface area contributed by atoms with Crippen LogP contribution in [0.4, 0.5) is 8.78 Å². The molecule has 0 radical (unpaired) electrons. The number of carbonyl (C=O) groups is 1. The number of methoxy groups -OCH3 is 1. The van der Waals surface area contributed by atoms with Gasteiger partial charge in [-0.2, -0.15) is 0 Å². The fraction of sp³-hybridized carbons (Fsp3) is 0.188. The zero-order chi connectivity index (χ0) is 18.6. The van der Waals surface area contributed by atoms with Crippen molar-refractivity contribution in [2.75, 3.05) is 14.2 Å². The minimum absolute atomic E-state index is 0.0436. The molecule has 134 valence electrons. The van der Waals surface area contributed by atoms with E-state index in [1.54, 1.807) is 0 Å². The first-order chi connectivity index (χ1) is 11.8. The van der Waals surface area contributed by atoms with Crippen LogP contribution in [0.5, 0.6) is 5.75 Å². The summed E-state index contributed by atoms with van der Waals surface area (Å²) < 4.78 is 62.6. The van der Waals surface area contributed by atoms with Crippen LogP contribution in [-0.2, 0) is 21.4 Å². The second kappa shape index (κ2) is 7.58. The monoisotopic (exact) mass is 371 g/mol. The molecule has 2 aromatic carbocycles. The predicted octanol–water partition coefficient (Wildman–Crippen LogP) is 2.24. The molecule has 0 saturated carbocycles. The lowest BCUT2D eigenvalue weighted by Gasteiger charge is -2.11. The summed E-state index contributed by atoms with van der Waals surface area (Å²) >= 11 is 0. The first kappa shape index (κ1) is 18.8. The van der Waals surface area contributed by atoms with Gasteiger partial charge >= 0.3 is 5.97 Å². The molecule has 2 rings (SSSR count). The van der Waals surface area contributed by atoms with Gasteiger partial charge in [0.25, 0.3) is 0 Å². The van der Waals surface area contributed by atoms with E-state index in [1.807, 2.05) is 0 Å². The van der Waals surface area contributed by atoms with Crippen molar-refractivity contribution in [1.29, 1.82) is 0 Å². The van der Waals surface area contributed by atoms with E-state index < -0.39 is 34.2 Å². The third kappa shape index (κ3) is 4.12. The molecule has 0 saturated heterocycles. The maximum Gasteiger partial charge on any atom is 0.338 e. The highest BCUT2D eigenvalue weighted by molar-refractivity contribution is 7.89. The van der Waals surface area contributed by atoms with Gasteiger partial charge in [-0.1, -0.05) is 12.1 Å². The zero-order valence-corrected chi connectivity index (χ0v) is 14.2. The Balaban J connectivity index is 2.25. The topological polar surface area (TPSA) is 81.7 Å². The Morgan fingerprint density at radius 3 is 2.56 bits per heavy atom. The summed E-state index contributed by atoms with van der Waals surface area (Å²) in [7, 11) is -1.37. The van der Waals surface area contributed by atoms with E-state index in [0.29, 0.717) is 0 Å². The van der Waals surface area contributed by atoms with Gasteiger partial charge in [-0.3, -0.25) is 0 Å². The normalized spacial score (nSPS) is 11.2. The molecule has 1 N–H and O–H groups in total. The van der Waals surface area contributed by atoms with Crippen LogP contribution in [-0.4, -0.2) is 28.5 Å². The van der Waals surface area contributed by atoms with Gasteiger partial charge in [0.2, 0.25) is 10.0 Å². The van der Waals surface area contributed by atoms with E-state index in [9.17, 15) is 22.0 Å². The third-order valence-electron chi connectivity index (χ3n) is 3.35. The standard InChI is InChI=1S/C16H15F2NO5S/c1-19-25(21,22)14-8-10(6-7-13(14)23-2)16(20)24-9-11-4-3-5-12(17)15(11)18/h3-8,19H,9H2,1-2H3. The maximum absolute atomic E-state index is 13.5. The van der Waals surface area contributed by atoms with E-state index >= 15 is 0 Å². The summed E-state index contributed by atoms with van der Waals surface area (Å²) in [5, 5.41) is 0. The summed E-state index contributed by atoms with van der Waals surface area (Å²) in [4.78, 5) is 11.8. The largest absolute Gasteiger partial charge is 0.495 e. The first-order valence-electron chi connectivity index (χ1n) is 7.01. The average Bonchev–Trinajstić information content (AvgIpc) is 2.62. The number of hydrogen-bond donors (Lipinski definition) is 1. The van der Waals surface area contributed by atoms with Gasteiger partial charge in [0.15, 0.2) is 11.6 Å². The molecule has 0 aliphatic heterocycles. The van der Waals surface area contributed by atoms with Crippen molar-refractivity contribution in [3.8, 4) is 5.75 Å². The fourth-order valence-electron chi connectivity index (χ4n) is 2.01. The van der Waals surface area contributed by atoms with Crippen LogP contribution in [0.25, 0.3) is 0 Å². The number of hydrogen-bond acceptors (Lipinski definition) is 5. The third-order valence-corrected chi connectivity index (χ3v) is 4.78. The quantitative estimate of drug-likeness (QED) is 0.788. The second-order valence-electron chi connectivity index (χ2n) is 4.86. The van der Waals surface area contributed by atoms with Gasteiger partial charge in [0.1, 0.15) is 17.3 Å². The highest BCUT2D eigenvalue weighted by Crippen LogP contribution is 2.25. The molecule has 6 nitrogen and oxygen atoms in total. The van der Waals surface area contributed by atoms with Crippen molar-refractivity contribution < 1.29 is 31.5 Å². The lowest BCUT2D eigenvalue weighted by Crippen LogP contribution is -2.20. The fourth-order valence-corrected chi connectivity index (χ4v) is 2.93. The number of sulfonamides is 1. The summed E-state index contributed by atoms with van der Waals surface area (Å²) in [6.07, 6.45) is 0. The van der Waals surface area contributed by atoms with Gasteiger partial charge in [-0.05, 0) is 31.3 Å². The lowest BCUT2D eigenvalue weighted by atomic mass is 10.2. The van der Waals surface area contributed by atoms with Crippen LogP contribution in [0, 0.1) is 11.6 Å². The molecule has 0 aromatic heterocycles. The van der Waals surface area contributed by atoms with E-state index in [1.165, 1.54) is 38.4 Å². The summed E-state index contributed by atoms with van der Waals surface area (Å²) in [6.45, 7) is -0.497. The Morgan fingerprint density at radius 1 is 1.20 bits per heavy atom. The van der Waals surface area contributed by atoms with Crippen molar-refractivity contribution in [3.05, 3.63) is 59.2 Å². The number of halogens is 2. The Labute approximate surface area is 143 Å². The molecule has 0 atom stereocenters. The Kier molecular flexibility index (Phi) is 5.70. The predicted molar refractivity (Wildman–Crippen MR) is 84.7 cm³/mol. The minimum Gasteiger partial charge on any atom is -0.495 e. The molecule has 0 heterocycles. The number of carbonyl (C=O) groups excluding carboxylic acids is 1. The van der Waals surface area contributed by atoms with Crippen LogP contribution >= 0.6 is 0 Å². The van der Waals surface area contributed by atoms with Crippen LogP contribution in [0.3, 0.4) is 0 Å². The van der Waals surface area contributed by atoms with E-state index in [4.69, 9.17) is 9.47 Å². The number of benzene rings is 2. The van der Waals surface area contributed by atoms with Gasteiger partial charge in [0.05, 0.1) is 12.7 Å². The van der Waals surface area contributed by atoms with Crippen molar-refractivity contribution in [1.82, 2.24) is 4.72 Å². The van der Waals surface area contributed by atoms with Crippen LogP contribution in [0.15, 0.2) is 41.3 Å². The number of nitrogens with one attached hydrogen (secondary N) is 1. The highest BCUT2D eigenvalue weighted by atomic mass is 32.2. The van der Waals surface area contributed by atoms with Crippen molar-refractivity contribution >= 4 is 16.0 Å². The number of rotatable bonds is 6. The Hall–Kier alpha value is -2.52. The van der Waals surface area contributed by atoms with E-state index in [2.05, 4.69) is 4.72 Å². The molecule has 0 fully saturated rings. The summed E-state index contributed by atoms with van der Waals surface area (Å²) in [5.74, 6) is -3.01. The maximum atomic E-state index is 13.5. The molecule has 0 spiro atoms. The van der Waals surface area contributed by atoms with E-state index in [0.717, 1.165) is 12.1 Å². The van der Waals surface area contributed by atoms with Crippen molar-refractivity contribution in [2.45, 2.75) is 11.5 Å². The SMILES string of the molecule is CNS(=O)(=O)c1cc(C(=O)OCc2cccc(F)c2F)ccc1OC. The van der Waals surface area contributed by atoms with Gasteiger partial charge in [-0.25, -0.2) is 26.7 Å². The molecule has 0 aliphatic rings. The number of ether oxygens (including phenoxy) is 2. The van der Waals surface area contributed by atoms with Crippen LogP contribution < -0.4 is 9.46 Å². The summed E-state index contributed by atoms with van der Waals surface area (Å²) in [5.41, 5.74) is -0.212. The van der Waals surface area contributed by atoms with Gasteiger partial charge in [0, 0.05) is 5.56 Å². The lowest BCUT2D eigenvalue weighted by molar-refractivity contribution is 0.0467. The molecule has 2 aromatic rings. The molecular weight excluding hydrogens is 356 g/mol. The molecule has 0 aliphatic carbocycles. The van der Waals surface area contributed by atoms with Crippen molar-refractivity contribution in [2.24, 2.45) is 0 Å². The summed E-state index contributed by atoms with van der Waals surface area (Å²) in [6, 6.07) is 7.18. The minimum atomic E-state index is -3.87. The average molecular weight is 371 g/mol. The Morgan fingerprint density at radius 2 is 1.92 bits per heavy atom. The molecule has 0 bridgehead atoms. The Bertz CT molecular complexity index is 899. The molecule has 0 amide bonds. The highest BCUT2D eigenvalue weighted by Gasteiger charge is 2.21. The molecule has 9 heteroatoms. The second-order valence-corrected chi connectivity index (χ2v) is 6.72.